The first-order valence-corrected chi connectivity index (χ1v) is 25.0. The fourth-order valence-electron chi connectivity index (χ4n) is 8.23. The number of rotatable bonds is 15. The van der Waals surface area contributed by atoms with Crippen LogP contribution < -0.4 is 3.58 Å². The van der Waals surface area contributed by atoms with Gasteiger partial charge in [-0.3, -0.25) is 0 Å². The van der Waals surface area contributed by atoms with E-state index in [4.69, 9.17) is 0 Å². The van der Waals surface area contributed by atoms with Crippen molar-refractivity contribution in [3.8, 4) is 0 Å². The Morgan fingerprint density at radius 3 is 1.57 bits per heavy atom. The molecule has 3 nitrogen and oxygen atoms in total. The fraction of sp³-hybridized carbons (Fsp3) is 0.450. The molecule has 44 heavy (non-hydrogen) atoms. The van der Waals surface area contributed by atoms with Crippen molar-refractivity contribution in [3.63, 3.8) is 0 Å². The minimum absolute atomic E-state index is 0.135. The predicted octanol–water partition coefficient (Wildman–Crippen LogP) is 11.0. The SMILES string of the molecule is CCCCCCN1C(=O)c2ccc3c4cccc5[c]([Sn]([CH2]CCC)([CH2]CCC)[CH2]CCC)ccc(c6ccc(c2c36)C1=O)c54. The zero-order valence-corrected chi connectivity index (χ0v) is 30.2. The summed E-state index contributed by atoms with van der Waals surface area (Å²) in [5.41, 5.74) is 1.36. The summed E-state index contributed by atoms with van der Waals surface area (Å²) in [7, 11) is 0. The Hall–Kier alpha value is -2.66. The molecule has 230 valence electrons. The van der Waals surface area contributed by atoms with Crippen LogP contribution in [0.1, 0.15) is 113 Å². The molecule has 0 saturated carbocycles. The van der Waals surface area contributed by atoms with Crippen molar-refractivity contribution in [1.29, 1.82) is 0 Å². The zero-order valence-electron chi connectivity index (χ0n) is 27.4. The van der Waals surface area contributed by atoms with E-state index in [1.54, 1.807) is 3.58 Å². The van der Waals surface area contributed by atoms with E-state index in [2.05, 4.69) is 70.2 Å². The van der Waals surface area contributed by atoms with E-state index in [9.17, 15) is 9.59 Å². The van der Waals surface area contributed by atoms with Crippen LogP contribution in [0, 0.1) is 0 Å². The molecular weight excluding hydrogens is 645 g/mol. The molecule has 0 bridgehead atoms. The number of carbonyl (C=O) groups excluding carboxylic acids is 2. The summed E-state index contributed by atoms with van der Waals surface area (Å²) in [6, 6.07) is 20.2. The van der Waals surface area contributed by atoms with Gasteiger partial charge in [-0.05, 0) is 0 Å². The average molecular weight is 695 g/mol. The Morgan fingerprint density at radius 2 is 1.00 bits per heavy atom. The van der Waals surface area contributed by atoms with Crippen LogP contribution in [0.2, 0.25) is 13.3 Å². The molecule has 0 fully saturated rings. The summed E-state index contributed by atoms with van der Waals surface area (Å²) in [5.74, 6) is -0.271. The second-order valence-corrected chi connectivity index (χ2v) is 26.5. The van der Waals surface area contributed by atoms with E-state index in [1.807, 2.05) is 12.1 Å². The summed E-state index contributed by atoms with van der Waals surface area (Å²) in [5, 5.41) is 9.67. The van der Waals surface area contributed by atoms with Gasteiger partial charge in [0.1, 0.15) is 0 Å². The second kappa shape index (κ2) is 13.4. The zero-order chi connectivity index (χ0) is 30.8. The first-order chi connectivity index (χ1) is 21.5. The van der Waals surface area contributed by atoms with Crippen molar-refractivity contribution in [2.75, 3.05) is 6.54 Å². The molecule has 0 aromatic heterocycles. The quantitative estimate of drug-likeness (QED) is 0.0360. The van der Waals surface area contributed by atoms with Crippen LogP contribution in [0.15, 0.2) is 54.6 Å². The van der Waals surface area contributed by atoms with Gasteiger partial charge in [-0.15, -0.1) is 0 Å². The third-order valence-corrected chi connectivity index (χ3v) is 26.3. The number of nitrogens with zero attached hydrogens (tertiary/aromatic N) is 1. The Bertz CT molecular complexity index is 1730. The van der Waals surface area contributed by atoms with Gasteiger partial charge >= 0.3 is 243 Å². The molecule has 6 rings (SSSR count). The molecule has 1 aliphatic heterocycles. The van der Waals surface area contributed by atoms with Gasteiger partial charge in [0.05, 0.1) is 0 Å². The molecule has 0 unspecified atom stereocenters. The van der Waals surface area contributed by atoms with Crippen LogP contribution in [0.4, 0.5) is 0 Å². The van der Waals surface area contributed by atoms with Crippen LogP contribution in [-0.2, 0) is 0 Å². The van der Waals surface area contributed by atoms with E-state index in [-0.39, 0.29) is 11.8 Å². The molecule has 2 amide bonds. The van der Waals surface area contributed by atoms with Crippen molar-refractivity contribution in [1.82, 2.24) is 4.90 Å². The summed E-state index contributed by atoms with van der Waals surface area (Å²) in [6.07, 6.45) is 12.0. The van der Waals surface area contributed by atoms with E-state index < -0.39 is 18.4 Å². The predicted molar refractivity (Wildman–Crippen MR) is 192 cm³/mol. The third-order valence-electron chi connectivity index (χ3n) is 10.6. The van der Waals surface area contributed by atoms with E-state index in [1.165, 1.54) is 89.1 Å². The normalized spacial score (nSPS) is 13.9. The third kappa shape index (κ3) is 5.21. The van der Waals surface area contributed by atoms with Gasteiger partial charge in [0.15, 0.2) is 0 Å². The maximum atomic E-state index is 13.8. The number of amides is 2. The number of fused-ring (bicyclic) bond motifs is 2. The molecule has 0 N–H and O–H groups in total. The van der Waals surface area contributed by atoms with Crippen molar-refractivity contribution < 1.29 is 9.59 Å². The molecule has 0 aliphatic carbocycles. The summed E-state index contributed by atoms with van der Waals surface area (Å²) >= 11 is -2.72. The Morgan fingerprint density at radius 1 is 0.500 bits per heavy atom. The molecule has 4 heteroatoms. The fourth-order valence-corrected chi connectivity index (χ4v) is 25.0. The maximum absolute atomic E-state index is 13.8. The molecule has 0 atom stereocenters. The van der Waals surface area contributed by atoms with Gasteiger partial charge in [0.2, 0.25) is 0 Å². The number of imide groups is 1. The van der Waals surface area contributed by atoms with E-state index in [0.29, 0.717) is 17.7 Å². The van der Waals surface area contributed by atoms with Crippen LogP contribution in [-0.4, -0.2) is 41.6 Å². The molecule has 0 spiro atoms. The van der Waals surface area contributed by atoms with E-state index in [0.717, 1.165) is 36.5 Å². The number of hydrogen-bond donors (Lipinski definition) is 0. The molecular formula is C40H49NO2Sn. The van der Waals surface area contributed by atoms with Crippen LogP contribution in [0.3, 0.4) is 0 Å². The first kappa shape index (κ1) is 31.3. The number of benzene rings is 5. The topological polar surface area (TPSA) is 37.4 Å². The van der Waals surface area contributed by atoms with E-state index >= 15 is 0 Å². The molecule has 0 radical (unpaired) electrons. The Balaban J connectivity index is 1.57. The van der Waals surface area contributed by atoms with Crippen LogP contribution in [0.5, 0.6) is 0 Å². The Kier molecular flexibility index (Phi) is 9.52. The van der Waals surface area contributed by atoms with Crippen LogP contribution in [0.25, 0.3) is 43.1 Å². The van der Waals surface area contributed by atoms with Gasteiger partial charge in [-0.1, -0.05) is 26.2 Å². The van der Waals surface area contributed by atoms with Gasteiger partial charge in [-0.2, -0.15) is 0 Å². The number of unbranched alkanes of at least 4 members (excludes halogenated alkanes) is 6. The second-order valence-electron chi connectivity index (χ2n) is 13.4. The van der Waals surface area contributed by atoms with Gasteiger partial charge in [0.25, 0.3) is 0 Å². The van der Waals surface area contributed by atoms with Crippen molar-refractivity contribution >= 4 is 76.9 Å². The summed E-state index contributed by atoms with van der Waals surface area (Å²) < 4.78 is 6.07. The summed E-state index contributed by atoms with van der Waals surface area (Å²) in [6.45, 7) is 9.73. The molecule has 0 saturated heterocycles. The first-order valence-electron chi connectivity index (χ1n) is 17.5. The number of carbonyl (C=O) groups is 2. The average Bonchev–Trinajstić information content (AvgIpc) is 3.05. The van der Waals surface area contributed by atoms with Crippen molar-refractivity contribution in [3.05, 3.63) is 65.7 Å². The minimum atomic E-state index is -2.72. The molecule has 1 heterocycles. The van der Waals surface area contributed by atoms with Crippen LogP contribution >= 0.6 is 0 Å². The standard InChI is InChI=1S/C28H22NO2.3C4H9.Sn/c1-2-3-4-5-16-29-27(30)22-14-12-20-18-10-6-8-17-9-7-11-19(24(17)18)21-13-15-23(28(29)31)26(22)25(20)21;3*1-3-4-2;/h6-8,10-15H,2-5,16H2,1H3;3*1,3-4H2,2H3;. The van der Waals surface area contributed by atoms with Gasteiger partial charge in [0, 0.05) is 0 Å². The van der Waals surface area contributed by atoms with Crippen molar-refractivity contribution in [2.45, 2.75) is 105 Å². The summed E-state index contributed by atoms with van der Waals surface area (Å²) in [4.78, 5) is 29.0. The molecule has 5 aromatic rings. The molecule has 1 aliphatic rings. The van der Waals surface area contributed by atoms with Gasteiger partial charge in [-0.25, -0.2) is 0 Å². The number of hydrogen-bond acceptors (Lipinski definition) is 2. The van der Waals surface area contributed by atoms with Crippen molar-refractivity contribution in [2.24, 2.45) is 0 Å². The Labute approximate surface area is 267 Å². The van der Waals surface area contributed by atoms with Gasteiger partial charge < -0.3 is 0 Å². The molecule has 5 aromatic carbocycles. The monoisotopic (exact) mass is 695 g/mol.